The first-order chi connectivity index (χ1) is 11.1. The number of terminal acetylenes is 1. The van der Waals surface area contributed by atoms with Crippen molar-refractivity contribution in [3.05, 3.63) is 59.5 Å². The summed E-state index contributed by atoms with van der Waals surface area (Å²) in [4.78, 5) is 8.82. The number of aryl methyl sites for hydroxylation is 1. The molecular formula is C19H15FN2O. The summed E-state index contributed by atoms with van der Waals surface area (Å²) in [5.74, 6) is 1.80. The molecule has 4 heteroatoms. The van der Waals surface area contributed by atoms with E-state index in [1.54, 1.807) is 18.3 Å². The molecule has 0 spiro atoms. The maximum atomic E-state index is 14.4. The Labute approximate surface area is 133 Å². The standard InChI is InChI=1S/C19H15FN2O/c1-3-14(23)9-13-5-6-15(16(20)10-13)19-11-21-18-8-12(2)4-7-17(18)22-19/h1,4-8,10-11,14,23H,9H2,2H3. The minimum Gasteiger partial charge on any atom is -0.380 e. The fraction of sp³-hybridized carbons (Fsp3) is 0.158. The first kappa shape index (κ1) is 15.1. The molecule has 1 N–H and O–H groups in total. The van der Waals surface area contributed by atoms with E-state index in [-0.39, 0.29) is 6.42 Å². The highest BCUT2D eigenvalue weighted by atomic mass is 19.1. The largest absolute Gasteiger partial charge is 0.380 e. The lowest BCUT2D eigenvalue weighted by molar-refractivity contribution is 0.233. The van der Waals surface area contributed by atoms with E-state index < -0.39 is 11.9 Å². The predicted molar refractivity (Wildman–Crippen MR) is 88.2 cm³/mol. The van der Waals surface area contributed by atoms with Crippen molar-refractivity contribution >= 4 is 11.0 Å². The summed E-state index contributed by atoms with van der Waals surface area (Å²) in [6.45, 7) is 1.98. The third-order valence-corrected chi connectivity index (χ3v) is 3.63. The molecule has 1 unspecified atom stereocenters. The Kier molecular flexibility index (Phi) is 4.05. The molecule has 0 amide bonds. The maximum Gasteiger partial charge on any atom is 0.132 e. The molecule has 1 aromatic heterocycles. The van der Waals surface area contributed by atoms with Crippen LogP contribution in [0.3, 0.4) is 0 Å². The van der Waals surface area contributed by atoms with E-state index in [4.69, 9.17) is 6.42 Å². The molecule has 0 saturated heterocycles. The van der Waals surface area contributed by atoms with Crippen molar-refractivity contribution in [1.29, 1.82) is 0 Å². The Bertz CT molecular complexity index is 915. The van der Waals surface area contributed by atoms with E-state index in [0.29, 0.717) is 16.8 Å². The summed E-state index contributed by atoms with van der Waals surface area (Å²) in [6.07, 6.45) is 6.00. The van der Waals surface area contributed by atoms with Crippen molar-refractivity contribution in [3.8, 4) is 23.6 Å². The molecule has 0 aliphatic heterocycles. The van der Waals surface area contributed by atoms with E-state index in [0.717, 1.165) is 16.6 Å². The topological polar surface area (TPSA) is 46.0 Å². The molecule has 23 heavy (non-hydrogen) atoms. The van der Waals surface area contributed by atoms with Gasteiger partial charge in [0.2, 0.25) is 0 Å². The van der Waals surface area contributed by atoms with Gasteiger partial charge in [0, 0.05) is 12.0 Å². The highest BCUT2D eigenvalue weighted by Crippen LogP contribution is 2.24. The lowest BCUT2D eigenvalue weighted by atomic mass is 10.0. The summed E-state index contributed by atoms with van der Waals surface area (Å²) in [6, 6.07) is 10.5. The van der Waals surface area contributed by atoms with Gasteiger partial charge < -0.3 is 5.11 Å². The zero-order valence-corrected chi connectivity index (χ0v) is 12.6. The second-order valence-corrected chi connectivity index (χ2v) is 5.45. The normalized spacial score (nSPS) is 12.1. The number of halogens is 1. The first-order valence-corrected chi connectivity index (χ1v) is 7.23. The third kappa shape index (κ3) is 3.20. The van der Waals surface area contributed by atoms with Gasteiger partial charge in [0.1, 0.15) is 11.9 Å². The van der Waals surface area contributed by atoms with Crippen LogP contribution in [0.25, 0.3) is 22.3 Å². The van der Waals surface area contributed by atoms with Crippen molar-refractivity contribution in [2.24, 2.45) is 0 Å². The predicted octanol–water partition coefficient (Wildman–Crippen LogP) is 3.28. The van der Waals surface area contributed by atoms with Gasteiger partial charge >= 0.3 is 0 Å². The van der Waals surface area contributed by atoms with Crippen LogP contribution >= 0.6 is 0 Å². The van der Waals surface area contributed by atoms with Crippen molar-refractivity contribution < 1.29 is 9.50 Å². The van der Waals surface area contributed by atoms with Crippen LogP contribution < -0.4 is 0 Å². The van der Waals surface area contributed by atoms with Crippen LogP contribution in [-0.2, 0) is 6.42 Å². The van der Waals surface area contributed by atoms with Crippen LogP contribution in [0.1, 0.15) is 11.1 Å². The van der Waals surface area contributed by atoms with Crippen LogP contribution in [0.4, 0.5) is 4.39 Å². The Morgan fingerprint density at radius 1 is 1.22 bits per heavy atom. The molecular weight excluding hydrogens is 291 g/mol. The van der Waals surface area contributed by atoms with E-state index in [1.807, 2.05) is 25.1 Å². The average molecular weight is 306 g/mol. The zero-order chi connectivity index (χ0) is 16.4. The van der Waals surface area contributed by atoms with E-state index in [1.165, 1.54) is 6.07 Å². The Morgan fingerprint density at radius 2 is 2.04 bits per heavy atom. The second-order valence-electron chi connectivity index (χ2n) is 5.45. The molecule has 0 saturated carbocycles. The van der Waals surface area contributed by atoms with E-state index in [9.17, 15) is 9.50 Å². The second kappa shape index (κ2) is 6.15. The summed E-state index contributed by atoms with van der Waals surface area (Å²) >= 11 is 0. The Balaban J connectivity index is 1.98. The fourth-order valence-corrected chi connectivity index (χ4v) is 2.43. The van der Waals surface area contributed by atoms with Crippen molar-refractivity contribution in [2.45, 2.75) is 19.4 Å². The van der Waals surface area contributed by atoms with Crippen molar-refractivity contribution in [3.63, 3.8) is 0 Å². The minimum atomic E-state index is -0.913. The van der Waals surface area contributed by atoms with Gasteiger partial charge in [-0.05, 0) is 42.3 Å². The number of nitrogens with zero attached hydrogens (tertiary/aromatic N) is 2. The lowest BCUT2D eigenvalue weighted by Crippen LogP contribution is -2.07. The molecule has 2 aromatic carbocycles. The average Bonchev–Trinajstić information content (AvgIpc) is 2.54. The number of fused-ring (bicyclic) bond motifs is 1. The first-order valence-electron chi connectivity index (χ1n) is 7.23. The molecule has 3 rings (SSSR count). The van der Waals surface area contributed by atoms with Gasteiger partial charge in [-0.2, -0.15) is 0 Å². The molecule has 1 atom stereocenters. The number of aliphatic hydroxyl groups is 1. The van der Waals surface area contributed by atoms with Crippen molar-refractivity contribution in [2.75, 3.05) is 0 Å². The van der Waals surface area contributed by atoms with Crippen LogP contribution in [-0.4, -0.2) is 21.2 Å². The summed E-state index contributed by atoms with van der Waals surface area (Å²) in [5, 5.41) is 9.45. The summed E-state index contributed by atoms with van der Waals surface area (Å²) < 4.78 is 14.4. The van der Waals surface area contributed by atoms with Gasteiger partial charge in [0.05, 0.1) is 22.9 Å². The van der Waals surface area contributed by atoms with Crippen LogP contribution in [0, 0.1) is 25.1 Å². The van der Waals surface area contributed by atoms with Gasteiger partial charge in [-0.1, -0.05) is 18.1 Å². The number of hydrogen-bond donors (Lipinski definition) is 1. The smallest absolute Gasteiger partial charge is 0.132 e. The molecule has 1 heterocycles. The monoisotopic (exact) mass is 306 g/mol. The van der Waals surface area contributed by atoms with Gasteiger partial charge in [-0.3, -0.25) is 4.98 Å². The van der Waals surface area contributed by atoms with Gasteiger partial charge in [0.25, 0.3) is 0 Å². The van der Waals surface area contributed by atoms with E-state index in [2.05, 4.69) is 15.9 Å². The summed E-state index contributed by atoms with van der Waals surface area (Å²) in [5.41, 5.74) is 4.09. The zero-order valence-electron chi connectivity index (χ0n) is 12.6. The van der Waals surface area contributed by atoms with Crippen LogP contribution in [0.5, 0.6) is 0 Å². The highest BCUT2D eigenvalue weighted by Gasteiger charge is 2.10. The van der Waals surface area contributed by atoms with Gasteiger partial charge in [0.15, 0.2) is 0 Å². The minimum absolute atomic E-state index is 0.219. The highest BCUT2D eigenvalue weighted by molar-refractivity contribution is 5.77. The number of hydrogen-bond acceptors (Lipinski definition) is 3. The quantitative estimate of drug-likeness (QED) is 0.755. The van der Waals surface area contributed by atoms with Crippen molar-refractivity contribution in [1.82, 2.24) is 9.97 Å². The lowest BCUT2D eigenvalue weighted by Gasteiger charge is -2.08. The van der Waals surface area contributed by atoms with Gasteiger partial charge in [-0.25, -0.2) is 9.37 Å². The molecule has 3 nitrogen and oxygen atoms in total. The fourth-order valence-electron chi connectivity index (χ4n) is 2.43. The summed E-state index contributed by atoms with van der Waals surface area (Å²) in [7, 11) is 0. The van der Waals surface area contributed by atoms with E-state index >= 15 is 0 Å². The maximum absolute atomic E-state index is 14.4. The number of rotatable bonds is 3. The Hall–Kier alpha value is -2.77. The number of aliphatic hydroxyl groups excluding tert-OH is 1. The van der Waals surface area contributed by atoms with Crippen LogP contribution in [0.15, 0.2) is 42.6 Å². The SMILES string of the molecule is C#CC(O)Cc1ccc(-c2cnc3cc(C)ccc3n2)c(F)c1. The third-order valence-electron chi connectivity index (χ3n) is 3.63. The Morgan fingerprint density at radius 3 is 2.78 bits per heavy atom. The molecule has 0 aliphatic carbocycles. The number of aromatic nitrogens is 2. The molecule has 114 valence electrons. The molecule has 0 fully saturated rings. The number of benzene rings is 2. The molecule has 0 aliphatic rings. The molecule has 0 radical (unpaired) electrons. The molecule has 0 bridgehead atoms. The van der Waals surface area contributed by atoms with Gasteiger partial charge in [-0.15, -0.1) is 6.42 Å². The van der Waals surface area contributed by atoms with Crippen LogP contribution in [0.2, 0.25) is 0 Å². The molecule has 3 aromatic rings.